The summed E-state index contributed by atoms with van der Waals surface area (Å²) in [6.45, 7) is 4.48. The fraction of sp³-hybridized carbons (Fsp3) is 0.250. The van der Waals surface area contributed by atoms with Gasteiger partial charge in [0.1, 0.15) is 5.82 Å². The summed E-state index contributed by atoms with van der Waals surface area (Å²) in [7, 11) is 0. The highest BCUT2D eigenvalue weighted by Crippen LogP contribution is 2.27. The molecule has 0 bridgehead atoms. The minimum atomic E-state index is -0.897. The fourth-order valence-electron chi connectivity index (χ4n) is 2.01. The third-order valence-corrected chi connectivity index (χ3v) is 3.20. The van der Waals surface area contributed by atoms with Crippen LogP contribution in [0.15, 0.2) is 30.3 Å². The van der Waals surface area contributed by atoms with Gasteiger partial charge in [0.25, 0.3) is 0 Å². The molecule has 0 aromatic heterocycles. The summed E-state index contributed by atoms with van der Waals surface area (Å²) >= 11 is 0. The molecule has 2 rings (SSSR count). The van der Waals surface area contributed by atoms with Crippen LogP contribution in [0.5, 0.6) is 0 Å². The number of halogens is 3. The van der Waals surface area contributed by atoms with Gasteiger partial charge in [0.05, 0.1) is 0 Å². The topological polar surface area (TPSA) is 12.0 Å². The molecule has 0 saturated heterocycles. The van der Waals surface area contributed by atoms with E-state index in [2.05, 4.69) is 5.32 Å². The van der Waals surface area contributed by atoms with Crippen molar-refractivity contribution in [1.29, 1.82) is 0 Å². The van der Waals surface area contributed by atoms with Gasteiger partial charge in [-0.1, -0.05) is 25.1 Å². The monoisotopic (exact) mass is 279 g/mol. The minimum absolute atomic E-state index is 0.144. The molecule has 0 amide bonds. The van der Waals surface area contributed by atoms with E-state index < -0.39 is 11.6 Å². The van der Waals surface area contributed by atoms with Crippen molar-refractivity contribution in [2.75, 3.05) is 6.54 Å². The molecule has 0 radical (unpaired) electrons. The van der Waals surface area contributed by atoms with Gasteiger partial charge in [-0.3, -0.25) is 0 Å². The highest BCUT2D eigenvalue weighted by Gasteiger charge is 2.13. The molecule has 0 spiro atoms. The summed E-state index contributed by atoms with van der Waals surface area (Å²) < 4.78 is 41.2. The molecule has 106 valence electrons. The molecule has 0 fully saturated rings. The van der Waals surface area contributed by atoms with Crippen molar-refractivity contribution in [3.8, 4) is 11.1 Å². The van der Waals surface area contributed by atoms with Crippen LogP contribution in [0.25, 0.3) is 11.1 Å². The maximum atomic E-state index is 13.9. The Hall–Kier alpha value is -1.81. The third kappa shape index (κ3) is 2.85. The molecule has 0 saturated carbocycles. The van der Waals surface area contributed by atoms with E-state index in [1.165, 1.54) is 31.2 Å². The molecule has 0 aliphatic rings. The molecular weight excluding hydrogens is 263 g/mol. The van der Waals surface area contributed by atoms with Gasteiger partial charge in [-0.25, -0.2) is 13.2 Å². The summed E-state index contributed by atoms with van der Waals surface area (Å²) in [4.78, 5) is 0. The lowest BCUT2D eigenvalue weighted by Crippen LogP contribution is -2.13. The third-order valence-electron chi connectivity index (χ3n) is 3.20. The van der Waals surface area contributed by atoms with Gasteiger partial charge >= 0.3 is 0 Å². The van der Waals surface area contributed by atoms with Crippen LogP contribution in [0.2, 0.25) is 0 Å². The summed E-state index contributed by atoms with van der Waals surface area (Å²) in [6, 6.07) is 7.31. The van der Waals surface area contributed by atoms with Crippen molar-refractivity contribution >= 4 is 0 Å². The van der Waals surface area contributed by atoms with E-state index in [-0.39, 0.29) is 16.9 Å². The Morgan fingerprint density at radius 2 is 1.75 bits per heavy atom. The second kappa shape index (κ2) is 6.09. The van der Waals surface area contributed by atoms with Gasteiger partial charge in [0.2, 0.25) is 0 Å². The average Bonchev–Trinajstić information content (AvgIpc) is 2.44. The van der Waals surface area contributed by atoms with Crippen molar-refractivity contribution in [3.05, 3.63) is 58.9 Å². The zero-order chi connectivity index (χ0) is 14.7. The maximum absolute atomic E-state index is 13.9. The van der Waals surface area contributed by atoms with Crippen LogP contribution < -0.4 is 5.32 Å². The summed E-state index contributed by atoms with van der Waals surface area (Å²) in [5, 5.41) is 3.01. The van der Waals surface area contributed by atoms with Crippen LogP contribution in [0.3, 0.4) is 0 Å². The summed E-state index contributed by atoms with van der Waals surface area (Å²) in [5.74, 6) is -2.12. The predicted octanol–water partition coefficient (Wildman–Crippen LogP) is 4.19. The SMILES string of the molecule is CCNCc1cc(-c2ccc(C)c(F)c2F)ccc1F. The van der Waals surface area contributed by atoms with Crippen molar-refractivity contribution < 1.29 is 13.2 Å². The molecule has 2 aromatic carbocycles. The maximum Gasteiger partial charge on any atom is 0.166 e. The standard InChI is InChI=1S/C16H16F3N/c1-3-20-9-12-8-11(5-7-14(12)17)13-6-4-10(2)15(18)16(13)19/h4-8,20H,3,9H2,1-2H3. The molecule has 0 unspecified atom stereocenters. The molecule has 4 heteroatoms. The summed E-state index contributed by atoms with van der Waals surface area (Å²) in [5.41, 5.74) is 1.30. The van der Waals surface area contributed by atoms with Crippen molar-refractivity contribution in [3.63, 3.8) is 0 Å². The summed E-state index contributed by atoms with van der Waals surface area (Å²) in [6.07, 6.45) is 0. The first-order valence-electron chi connectivity index (χ1n) is 6.48. The molecule has 1 nitrogen and oxygen atoms in total. The second-order valence-electron chi connectivity index (χ2n) is 4.64. The molecule has 0 aliphatic heterocycles. The molecule has 0 heterocycles. The van der Waals surface area contributed by atoms with E-state index in [1.807, 2.05) is 6.92 Å². The minimum Gasteiger partial charge on any atom is -0.313 e. The van der Waals surface area contributed by atoms with Crippen molar-refractivity contribution in [2.45, 2.75) is 20.4 Å². The zero-order valence-corrected chi connectivity index (χ0v) is 11.4. The Morgan fingerprint density at radius 3 is 2.45 bits per heavy atom. The van der Waals surface area contributed by atoms with Crippen LogP contribution in [0.1, 0.15) is 18.1 Å². The van der Waals surface area contributed by atoms with E-state index in [0.717, 1.165) is 0 Å². The number of rotatable bonds is 4. The lowest BCUT2D eigenvalue weighted by atomic mass is 10.0. The first-order chi connectivity index (χ1) is 9.54. The lowest BCUT2D eigenvalue weighted by Gasteiger charge is -2.10. The predicted molar refractivity (Wildman–Crippen MR) is 73.9 cm³/mol. The van der Waals surface area contributed by atoms with Crippen LogP contribution >= 0.6 is 0 Å². The van der Waals surface area contributed by atoms with Gasteiger partial charge in [0, 0.05) is 17.7 Å². The van der Waals surface area contributed by atoms with Gasteiger partial charge in [0.15, 0.2) is 11.6 Å². The lowest BCUT2D eigenvalue weighted by molar-refractivity contribution is 0.505. The van der Waals surface area contributed by atoms with Gasteiger partial charge in [-0.15, -0.1) is 0 Å². The Labute approximate surface area is 116 Å². The normalized spacial score (nSPS) is 10.8. The largest absolute Gasteiger partial charge is 0.313 e. The Kier molecular flexibility index (Phi) is 4.45. The first-order valence-corrected chi connectivity index (χ1v) is 6.48. The number of nitrogens with one attached hydrogen (secondary N) is 1. The van der Waals surface area contributed by atoms with Crippen molar-refractivity contribution in [2.24, 2.45) is 0 Å². The zero-order valence-electron chi connectivity index (χ0n) is 11.4. The van der Waals surface area contributed by atoms with Crippen LogP contribution in [-0.2, 0) is 6.54 Å². The van der Waals surface area contributed by atoms with E-state index in [1.54, 1.807) is 6.07 Å². The Morgan fingerprint density at radius 1 is 1.00 bits per heavy atom. The average molecular weight is 279 g/mol. The number of benzene rings is 2. The second-order valence-corrected chi connectivity index (χ2v) is 4.64. The van der Waals surface area contributed by atoms with Gasteiger partial charge in [-0.2, -0.15) is 0 Å². The molecule has 0 atom stereocenters. The molecule has 1 N–H and O–H groups in total. The van der Waals surface area contributed by atoms with E-state index in [9.17, 15) is 13.2 Å². The van der Waals surface area contributed by atoms with Gasteiger partial charge in [-0.05, 0) is 36.7 Å². The van der Waals surface area contributed by atoms with Crippen LogP contribution in [0, 0.1) is 24.4 Å². The quantitative estimate of drug-likeness (QED) is 0.885. The van der Waals surface area contributed by atoms with E-state index >= 15 is 0 Å². The highest BCUT2D eigenvalue weighted by atomic mass is 19.2. The molecule has 20 heavy (non-hydrogen) atoms. The van der Waals surface area contributed by atoms with Crippen LogP contribution in [0.4, 0.5) is 13.2 Å². The smallest absolute Gasteiger partial charge is 0.166 e. The van der Waals surface area contributed by atoms with Crippen molar-refractivity contribution in [1.82, 2.24) is 5.32 Å². The molecule has 0 aliphatic carbocycles. The number of aryl methyl sites for hydroxylation is 1. The first kappa shape index (κ1) is 14.6. The Bertz CT molecular complexity index is 623. The van der Waals surface area contributed by atoms with E-state index in [4.69, 9.17) is 0 Å². The molecular formula is C16H16F3N. The van der Waals surface area contributed by atoms with Crippen LogP contribution in [-0.4, -0.2) is 6.54 Å². The number of hydrogen-bond acceptors (Lipinski definition) is 1. The Balaban J connectivity index is 2.45. The number of hydrogen-bond donors (Lipinski definition) is 1. The molecule has 2 aromatic rings. The highest BCUT2D eigenvalue weighted by molar-refractivity contribution is 5.65. The fourth-order valence-corrected chi connectivity index (χ4v) is 2.01. The van der Waals surface area contributed by atoms with E-state index in [0.29, 0.717) is 24.2 Å². The van der Waals surface area contributed by atoms with Gasteiger partial charge < -0.3 is 5.32 Å².